The molecule has 1 N–H and O–H groups in total. The van der Waals surface area contributed by atoms with E-state index in [0.717, 1.165) is 42.4 Å². The van der Waals surface area contributed by atoms with E-state index < -0.39 is 0 Å². The van der Waals surface area contributed by atoms with Crippen LogP contribution in [0.2, 0.25) is 0 Å². The zero-order valence-corrected chi connectivity index (χ0v) is 17.7. The smallest absolute Gasteiger partial charge is 0.261 e. The van der Waals surface area contributed by atoms with Crippen molar-refractivity contribution in [3.05, 3.63) is 58.1 Å². The van der Waals surface area contributed by atoms with Crippen molar-refractivity contribution < 1.29 is 9.53 Å². The topological polar surface area (TPSA) is 41.6 Å². The van der Waals surface area contributed by atoms with Gasteiger partial charge in [0.1, 0.15) is 5.75 Å². The van der Waals surface area contributed by atoms with Gasteiger partial charge in [0.25, 0.3) is 5.91 Å². The van der Waals surface area contributed by atoms with Gasteiger partial charge >= 0.3 is 0 Å². The van der Waals surface area contributed by atoms with Crippen LogP contribution in [0.15, 0.2) is 46.9 Å². The highest BCUT2D eigenvalue weighted by molar-refractivity contribution is 9.10. The Morgan fingerprint density at radius 2 is 2.11 bits per heavy atom. The van der Waals surface area contributed by atoms with E-state index >= 15 is 0 Å². The standard InChI is InChI=1S/C21H23BrN2O2S/c1-2-3-13-26-19-11-10-16(22)14-17(19)20(25)23-21(27)24-12-6-8-15-7-4-5-9-18(15)24/h4-5,7,9-11,14H,2-3,6,8,12-13H2,1H3,(H,23,25,27). The van der Waals surface area contributed by atoms with Gasteiger partial charge in [0, 0.05) is 16.7 Å². The van der Waals surface area contributed by atoms with Crippen LogP contribution in [0.1, 0.15) is 42.1 Å². The molecule has 0 unspecified atom stereocenters. The number of rotatable bonds is 5. The number of carbonyl (C=O) groups excluding carboxylic acids is 1. The second-order valence-corrected chi connectivity index (χ2v) is 7.79. The van der Waals surface area contributed by atoms with Crippen LogP contribution in [0.3, 0.4) is 0 Å². The molecular weight excluding hydrogens is 424 g/mol. The number of nitrogens with zero attached hydrogens (tertiary/aromatic N) is 1. The molecule has 1 aliphatic rings. The molecule has 1 aliphatic heterocycles. The molecule has 2 aromatic rings. The summed E-state index contributed by atoms with van der Waals surface area (Å²) >= 11 is 8.98. The molecule has 0 aromatic heterocycles. The molecule has 1 amide bonds. The van der Waals surface area contributed by atoms with Crippen LogP contribution >= 0.6 is 28.1 Å². The first-order valence-corrected chi connectivity index (χ1v) is 10.4. The molecule has 142 valence electrons. The van der Waals surface area contributed by atoms with Crippen molar-refractivity contribution in [3.8, 4) is 5.75 Å². The molecule has 0 atom stereocenters. The normalized spacial score (nSPS) is 13.0. The van der Waals surface area contributed by atoms with Crippen molar-refractivity contribution in [2.75, 3.05) is 18.1 Å². The molecule has 2 aromatic carbocycles. The molecule has 4 nitrogen and oxygen atoms in total. The van der Waals surface area contributed by atoms with Gasteiger partial charge in [-0.1, -0.05) is 47.5 Å². The summed E-state index contributed by atoms with van der Waals surface area (Å²) in [5.41, 5.74) is 2.81. The minimum atomic E-state index is -0.254. The fourth-order valence-electron chi connectivity index (χ4n) is 3.11. The van der Waals surface area contributed by atoms with E-state index in [2.05, 4.69) is 34.2 Å². The largest absolute Gasteiger partial charge is 0.493 e. The first-order valence-electron chi connectivity index (χ1n) is 9.23. The van der Waals surface area contributed by atoms with E-state index in [0.29, 0.717) is 23.0 Å². The second-order valence-electron chi connectivity index (χ2n) is 6.49. The van der Waals surface area contributed by atoms with Crippen LogP contribution < -0.4 is 15.0 Å². The first kappa shape index (κ1) is 19.8. The predicted octanol–water partition coefficient (Wildman–Crippen LogP) is 5.10. The fourth-order valence-corrected chi connectivity index (χ4v) is 3.75. The summed E-state index contributed by atoms with van der Waals surface area (Å²) in [7, 11) is 0. The Morgan fingerprint density at radius 1 is 1.30 bits per heavy atom. The van der Waals surface area contributed by atoms with E-state index in [4.69, 9.17) is 17.0 Å². The number of para-hydroxylation sites is 1. The van der Waals surface area contributed by atoms with Crippen molar-refractivity contribution in [2.45, 2.75) is 32.6 Å². The Kier molecular flexibility index (Phi) is 6.85. The summed E-state index contributed by atoms with van der Waals surface area (Å²) in [4.78, 5) is 14.9. The maximum atomic E-state index is 12.9. The minimum absolute atomic E-state index is 0.254. The summed E-state index contributed by atoms with van der Waals surface area (Å²) in [5, 5.41) is 3.31. The molecule has 1 heterocycles. The lowest BCUT2D eigenvalue weighted by Gasteiger charge is -2.31. The lowest BCUT2D eigenvalue weighted by Crippen LogP contribution is -2.45. The summed E-state index contributed by atoms with van der Waals surface area (Å²) in [6.45, 7) is 3.49. The molecule has 0 aliphatic carbocycles. The molecule has 0 fully saturated rings. The Hall–Kier alpha value is -1.92. The minimum Gasteiger partial charge on any atom is -0.493 e. The number of carbonyl (C=O) groups is 1. The quantitative estimate of drug-likeness (QED) is 0.512. The SMILES string of the molecule is CCCCOc1ccc(Br)cc1C(=O)NC(=S)N1CCCc2ccccc21. The molecule has 27 heavy (non-hydrogen) atoms. The predicted molar refractivity (Wildman–Crippen MR) is 117 cm³/mol. The van der Waals surface area contributed by atoms with Crippen molar-refractivity contribution in [3.63, 3.8) is 0 Å². The van der Waals surface area contributed by atoms with E-state index in [1.807, 2.05) is 35.2 Å². The Labute approximate surface area is 174 Å². The number of benzene rings is 2. The fraction of sp³-hybridized carbons (Fsp3) is 0.333. The molecular formula is C21H23BrN2O2S. The number of hydrogen-bond donors (Lipinski definition) is 1. The highest BCUT2D eigenvalue weighted by atomic mass is 79.9. The molecule has 0 saturated heterocycles. The Balaban J connectivity index is 1.76. The van der Waals surface area contributed by atoms with Crippen LogP contribution in [0.25, 0.3) is 0 Å². The number of hydrogen-bond acceptors (Lipinski definition) is 3. The Morgan fingerprint density at radius 3 is 2.93 bits per heavy atom. The lowest BCUT2D eigenvalue weighted by molar-refractivity contribution is 0.0973. The van der Waals surface area contributed by atoms with E-state index in [-0.39, 0.29) is 5.91 Å². The van der Waals surface area contributed by atoms with Gasteiger partial charge in [0.05, 0.1) is 12.2 Å². The molecule has 3 rings (SSSR count). The van der Waals surface area contributed by atoms with Gasteiger partial charge in [-0.05, 0) is 61.3 Å². The number of amides is 1. The van der Waals surface area contributed by atoms with E-state index in [1.54, 1.807) is 6.07 Å². The zero-order valence-electron chi connectivity index (χ0n) is 15.3. The van der Waals surface area contributed by atoms with Crippen LogP contribution in [0.5, 0.6) is 5.75 Å². The van der Waals surface area contributed by atoms with Crippen molar-refractivity contribution in [1.29, 1.82) is 0 Å². The molecule has 0 bridgehead atoms. The summed E-state index contributed by atoms with van der Waals surface area (Å²) in [6.07, 6.45) is 4.02. The monoisotopic (exact) mass is 446 g/mol. The van der Waals surface area contributed by atoms with Crippen molar-refractivity contribution in [2.24, 2.45) is 0 Å². The third-order valence-electron chi connectivity index (χ3n) is 4.52. The number of aryl methyl sites for hydroxylation is 1. The van der Waals surface area contributed by atoms with Gasteiger partial charge in [-0.3, -0.25) is 10.1 Å². The maximum absolute atomic E-state index is 12.9. The van der Waals surface area contributed by atoms with Crippen LogP contribution in [0, 0.1) is 0 Å². The summed E-state index contributed by atoms with van der Waals surface area (Å²) < 4.78 is 6.62. The number of fused-ring (bicyclic) bond motifs is 1. The highest BCUT2D eigenvalue weighted by Crippen LogP contribution is 2.27. The second kappa shape index (κ2) is 9.33. The first-order chi connectivity index (χ1) is 13.1. The van der Waals surface area contributed by atoms with Gasteiger partial charge in [-0.2, -0.15) is 0 Å². The van der Waals surface area contributed by atoms with E-state index in [1.165, 1.54) is 5.56 Å². The number of nitrogens with one attached hydrogen (secondary N) is 1. The Bertz CT molecular complexity index is 841. The molecule has 0 saturated carbocycles. The van der Waals surface area contributed by atoms with Crippen molar-refractivity contribution >= 4 is 44.9 Å². The summed E-state index contributed by atoms with van der Waals surface area (Å²) in [5.74, 6) is 0.321. The third kappa shape index (κ3) is 4.87. The number of halogens is 1. The average Bonchev–Trinajstić information content (AvgIpc) is 2.68. The zero-order chi connectivity index (χ0) is 19.2. The van der Waals surface area contributed by atoms with Crippen LogP contribution in [-0.4, -0.2) is 24.2 Å². The lowest BCUT2D eigenvalue weighted by atomic mass is 10.0. The number of ether oxygens (including phenoxy) is 1. The van der Waals surface area contributed by atoms with Gasteiger partial charge in [0.2, 0.25) is 0 Å². The van der Waals surface area contributed by atoms with E-state index in [9.17, 15) is 4.79 Å². The van der Waals surface area contributed by atoms with Gasteiger partial charge in [0.15, 0.2) is 5.11 Å². The molecule has 6 heteroatoms. The maximum Gasteiger partial charge on any atom is 0.261 e. The number of unbranched alkanes of at least 4 members (excludes halogenated alkanes) is 1. The number of anilines is 1. The van der Waals surface area contributed by atoms with Gasteiger partial charge in [-0.25, -0.2) is 0 Å². The van der Waals surface area contributed by atoms with Crippen LogP contribution in [0.4, 0.5) is 5.69 Å². The van der Waals surface area contributed by atoms with Crippen molar-refractivity contribution in [1.82, 2.24) is 5.32 Å². The summed E-state index contributed by atoms with van der Waals surface area (Å²) in [6, 6.07) is 13.6. The van der Waals surface area contributed by atoms with Crippen LogP contribution in [-0.2, 0) is 6.42 Å². The highest BCUT2D eigenvalue weighted by Gasteiger charge is 2.22. The number of thiocarbonyl (C=S) groups is 1. The average molecular weight is 447 g/mol. The third-order valence-corrected chi connectivity index (χ3v) is 5.33. The molecule has 0 spiro atoms. The van der Waals surface area contributed by atoms with Gasteiger partial charge < -0.3 is 9.64 Å². The molecule has 0 radical (unpaired) electrons. The van der Waals surface area contributed by atoms with Gasteiger partial charge in [-0.15, -0.1) is 0 Å².